The third kappa shape index (κ3) is 3.41. The third-order valence-corrected chi connectivity index (χ3v) is 3.52. The van der Waals surface area contributed by atoms with Gasteiger partial charge in [-0.3, -0.25) is 0 Å². The van der Waals surface area contributed by atoms with Crippen molar-refractivity contribution in [1.29, 1.82) is 0 Å². The molecule has 1 aromatic rings. The van der Waals surface area contributed by atoms with Gasteiger partial charge in [-0.25, -0.2) is 4.39 Å². The standard InChI is InChI=1S/C13H19ClFNO/c1-2-6-13(8-16,9-17)7-10-11(14)4-3-5-12(10)15/h3-5,17H,2,6-9,16H2,1H3. The van der Waals surface area contributed by atoms with E-state index in [1.165, 1.54) is 6.07 Å². The molecule has 0 aliphatic heterocycles. The van der Waals surface area contributed by atoms with Crippen LogP contribution in [0.3, 0.4) is 0 Å². The molecule has 1 unspecified atom stereocenters. The quantitative estimate of drug-likeness (QED) is 0.825. The van der Waals surface area contributed by atoms with E-state index in [0.29, 0.717) is 23.6 Å². The summed E-state index contributed by atoms with van der Waals surface area (Å²) in [7, 11) is 0. The molecule has 0 radical (unpaired) electrons. The van der Waals surface area contributed by atoms with Crippen molar-refractivity contribution in [3.8, 4) is 0 Å². The molecule has 2 nitrogen and oxygen atoms in total. The van der Waals surface area contributed by atoms with Crippen LogP contribution in [-0.4, -0.2) is 18.3 Å². The maximum Gasteiger partial charge on any atom is 0.127 e. The summed E-state index contributed by atoms with van der Waals surface area (Å²) in [6, 6.07) is 4.61. The van der Waals surface area contributed by atoms with E-state index in [1.807, 2.05) is 6.92 Å². The molecule has 0 amide bonds. The first-order valence-corrected chi connectivity index (χ1v) is 6.20. The molecular weight excluding hydrogens is 241 g/mol. The van der Waals surface area contributed by atoms with E-state index in [9.17, 15) is 9.50 Å². The van der Waals surface area contributed by atoms with E-state index in [-0.39, 0.29) is 12.4 Å². The van der Waals surface area contributed by atoms with E-state index < -0.39 is 5.41 Å². The van der Waals surface area contributed by atoms with Gasteiger partial charge in [0.2, 0.25) is 0 Å². The zero-order valence-electron chi connectivity index (χ0n) is 10.0. The fraction of sp³-hybridized carbons (Fsp3) is 0.538. The predicted octanol–water partition coefficient (Wildman–Crippen LogP) is 2.76. The molecule has 0 saturated carbocycles. The number of rotatable bonds is 6. The smallest absolute Gasteiger partial charge is 0.127 e. The van der Waals surface area contributed by atoms with Crippen molar-refractivity contribution in [2.24, 2.45) is 11.1 Å². The van der Waals surface area contributed by atoms with Crippen LogP contribution in [0.25, 0.3) is 0 Å². The second-order valence-corrected chi connectivity index (χ2v) is 4.90. The monoisotopic (exact) mass is 259 g/mol. The Morgan fingerprint density at radius 1 is 1.47 bits per heavy atom. The number of hydrogen-bond acceptors (Lipinski definition) is 2. The number of halogens is 2. The molecule has 96 valence electrons. The number of aliphatic hydroxyl groups is 1. The van der Waals surface area contributed by atoms with Gasteiger partial charge in [0.25, 0.3) is 0 Å². The normalized spacial score (nSPS) is 14.6. The van der Waals surface area contributed by atoms with Crippen molar-refractivity contribution in [2.45, 2.75) is 26.2 Å². The second kappa shape index (κ2) is 6.34. The lowest BCUT2D eigenvalue weighted by atomic mass is 9.78. The summed E-state index contributed by atoms with van der Waals surface area (Å²) >= 11 is 5.99. The summed E-state index contributed by atoms with van der Waals surface area (Å²) in [4.78, 5) is 0. The topological polar surface area (TPSA) is 46.2 Å². The second-order valence-electron chi connectivity index (χ2n) is 4.49. The van der Waals surface area contributed by atoms with Gasteiger partial charge in [-0.1, -0.05) is 31.0 Å². The first-order chi connectivity index (χ1) is 8.08. The number of aliphatic hydroxyl groups excluding tert-OH is 1. The third-order valence-electron chi connectivity index (χ3n) is 3.16. The number of benzene rings is 1. The van der Waals surface area contributed by atoms with Crippen molar-refractivity contribution in [1.82, 2.24) is 0 Å². The molecule has 1 atom stereocenters. The summed E-state index contributed by atoms with van der Waals surface area (Å²) in [5, 5.41) is 9.90. The predicted molar refractivity (Wildman–Crippen MR) is 68.6 cm³/mol. The Hall–Kier alpha value is -0.640. The van der Waals surface area contributed by atoms with E-state index in [4.69, 9.17) is 17.3 Å². The van der Waals surface area contributed by atoms with Crippen LogP contribution in [0.2, 0.25) is 5.02 Å². The number of hydrogen-bond donors (Lipinski definition) is 2. The zero-order chi connectivity index (χ0) is 12.9. The first kappa shape index (κ1) is 14.4. The van der Waals surface area contributed by atoms with Crippen LogP contribution < -0.4 is 5.73 Å². The van der Waals surface area contributed by atoms with Crippen molar-refractivity contribution in [2.75, 3.05) is 13.2 Å². The molecule has 0 saturated heterocycles. The summed E-state index contributed by atoms with van der Waals surface area (Å²) in [5.74, 6) is -0.333. The fourth-order valence-electron chi connectivity index (χ4n) is 2.07. The molecule has 3 N–H and O–H groups in total. The first-order valence-electron chi connectivity index (χ1n) is 5.82. The Bertz CT molecular complexity index is 346. The Kier molecular flexibility index (Phi) is 5.37. The molecule has 4 heteroatoms. The molecule has 1 aromatic carbocycles. The lowest BCUT2D eigenvalue weighted by molar-refractivity contribution is 0.120. The molecule has 1 rings (SSSR count). The van der Waals surface area contributed by atoms with E-state index in [2.05, 4.69) is 0 Å². The highest BCUT2D eigenvalue weighted by Crippen LogP contribution is 2.31. The molecule has 0 heterocycles. The Labute approximate surface area is 107 Å². The molecule has 0 spiro atoms. The van der Waals surface area contributed by atoms with Gasteiger partial charge in [0.05, 0.1) is 6.61 Å². The van der Waals surface area contributed by atoms with Gasteiger partial charge in [-0.05, 0) is 25.0 Å². The van der Waals surface area contributed by atoms with E-state index in [0.717, 1.165) is 12.8 Å². The van der Waals surface area contributed by atoms with Gasteiger partial charge >= 0.3 is 0 Å². The minimum Gasteiger partial charge on any atom is -0.396 e. The maximum absolute atomic E-state index is 13.7. The Morgan fingerprint density at radius 3 is 2.65 bits per heavy atom. The maximum atomic E-state index is 13.7. The van der Waals surface area contributed by atoms with Crippen LogP contribution in [0.1, 0.15) is 25.3 Å². The van der Waals surface area contributed by atoms with Crippen LogP contribution in [0.15, 0.2) is 18.2 Å². The minimum atomic E-state index is -0.472. The fourth-order valence-corrected chi connectivity index (χ4v) is 2.30. The zero-order valence-corrected chi connectivity index (χ0v) is 10.8. The largest absolute Gasteiger partial charge is 0.396 e. The molecule has 0 aliphatic rings. The molecule has 0 aliphatic carbocycles. The Balaban J connectivity index is 3.01. The van der Waals surface area contributed by atoms with Crippen molar-refractivity contribution in [3.63, 3.8) is 0 Å². The average Bonchev–Trinajstić information content (AvgIpc) is 2.33. The summed E-state index contributed by atoms with van der Waals surface area (Å²) in [6.07, 6.45) is 2.02. The summed E-state index contributed by atoms with van der Waals surface area (Å²) in [5.41, 5.74) is 5.70. The lowest BCUT2D eigenvalue weighted by Gasteiger charge is -2.30. The van der Waals surface area contributed by atoms with E-state index in [1.54, 1.807) is 12.1 Å². The van der Waals surface area contributed by atoms with E-state index >= 15 is 0 Å². The highest BCUT2D eigenvalue weighted by Gasteiger charge is 2.29. The van der Waals surface area contributed by atoms with Crippen LogP contribution in [0.4, 0.5) is 4.39 Å². The van der Waals surface area contributed by atoms with Gasteiger partial charge < -0.3 is 10.8 Å². The van der Waals surface area contributed by atoms with Crippen LogP contribution >= 0.6 is 11.6 Å². The molecule has 0 aromatic heterocycles. The van der Waals surface area contributed by atoms with Gasteiger partial charge in [0.1, 0.15) is 5.82 Å². The van der Waals surface area contributed by atoms with Crippen LogP contribution in [0.5, 0.6) is 0 Å². The summed E-state index contributed by atoms with van der Waals surface area (Å²) in [6.45, 7) is 2.28. The van der Waals surface area contributed by atoms with Gasteiger partial charge in [0.15, 0.2) is 0 Å². The highest BCUT2D eigenvalue weighted by molar-refractivity contribution is 6.31. The van der Waals surface area contributed by atoms with Crippen LogP contribution in [-0.2, 0) is 6.42 Å². The molecule has 0 fully saturated rings. The van der Waals surface area contributed by atoms with Crippen molar-refractivity contribution >= 4 is 11.6 Å². The van der Waals surface area contributed by atoms with Gasteiger partial charge in [-0.2, -0.15) is 0 Å². The van der Waals surface area contributed by atoms with Crippen molar-refractivity contribution in [3.05, 3.63) is 34.6 Å². The molecular formula is C13H19ClFNO. The number of nitrogens with two attached hydrogens (primary N) is 1. The van der Waals surface area contributed by atoms with Gasteiger partial charge in [0, 0.05) is 22.5 Å². The molecule has 0 bridgehead atoms. The minimum absolute atomic E-state index is 0.0536. The summed E-state index contributed by atoms with van der Waals surface area (Å²) < 4.78 is 13.7. The average molecular weight is 260 g/mol. The SMILES string of the molecule is CCCC(CN)(CO)Cc1c(F)cccc1Cl. The van der Waals surface area contributed by atoms with Crippen molar-refractivity contribution < 1.29 is 9.50 Å². The van der Waals surface area contributed by atoms with Gasteiger partial charge in [-0.15, -0.1) is 0 Å². The lowest BCUT2D eigenvalue weighted by Crippen LogP contribution is -2.36. The highest BCUT2D eigenvalue weighted by atomic mass is 35.5. The van der Waals surface area contributed by atoms with Crippen LogP contribution in [0, 0.1) is 11.2 Å². The molecule has 17 heavy (non-hydrogen) atoms. The Morgan fingerprint density at radius 2 is 2.18 bits per heavy atom.